The van der Waals surface area contributed by atoms with Gasteiger partial charge in [-0.3, -0.25) is 0 Å². The SMILES string of the molecule is CC1COC(CO)CN1c1ncc(C#N)cc1N. The molecule has 0 aliphatic carbocycles. The summed E-state index contributed by atoms with van der Waals surface area (Å²) in [6.07, 6.45) is 1.28. The third kappa shape index (κ3) is 2.37. The number of hydrogen-bond acceptors (Lipinski definition) is 6. The Bertz CT molecular complexity index is 472. The van der Waals surface area contributed by atoms with Gasteiger partial charge in [-0.1, -0.05) is 0 Å². The van der Waals surface area contributed by atoms with Crippen LogP contribution in [-0.4, -0.2) is 42.0 Å². The van der Waals surface area contributed by atoms with E-state index in [1.165, 1.54) is 6.20 Å². The maximum Gasteiger partial charge on any atom is 0.152 e. The van der Waals surface area contributed by atoms with Crippen molar-refractivity contribution >= 4 is 11.5 Å². The van der Waals surface area contributed by atoms with Crippen molar-refractivity contribution in [3.63, 3.8) is 0 Å². The molecule has 1 saturated heterocycles. The molecule has 1 aliphatic rings. The predicted molar refractivity (Wildman–Crippen MR) is 67.0 cm³/mol. The van der Waals surface area contributed by atoms with Gasteiger partial charge in [-0.2, -0.15) is 5.26 Å². The largest absolute Gasteiger partial charge is 0.396 e. The van der Waals surface area contributed by atoms with Crippen molar-refractivity contribution in [2.24, 2.45) is 0 Å². The predicted octanol–water partition coefficient (Wildman–Crippen LogP) is 0.121. The molecule has 2 heterocycles. The highest BCUT2D eigenvalue weighted by Crippen LogP contribution is 2.25. The molecule has 6 heteroatoms. The van der Waals surface area contributed by atoms with Crippen molar-refractivity contribution < 1.29 is 9.84 Å². The van der Waals surface area contributed by atoms with Gasteiger partial charge in [0.25, 0.3) is 0 Å². The average molecular weight is 248 g/mol. The summed E-state index contributed by atoms with van der Waals surface area (Å²) in [5, 5.41) is 17.9. The summed E-state index contributed by atoms with van der Waals surface area (Å²) in [5.74, 6) is 0.642. The highest BCUT2D eigenvalue weighted by Gasteiger charge is 2.27. The fraction of sp³-hybridized carbons (Fsp3) is 0.500. The van der Waals surface area contributed by atoms with Crippen LogP contribution >= 0.6 is 0 Å². The number of nitrogens with zero attached hydrogens (tertiary/aromatic N) is 3. The minimum Gasteiger partial charge on any atom is -0.396 e. The topological polar surface area (TPSA) is 95.4 Å². The van der Waals surface area contributed by atoms with Crippen molar-refractivity contribution in [1.82, 2.24) is 4.98 Å². The molecule has 0 bridgehead atoms. The van der Waals surface area contributed by atoms with Gasteiger partial charge in [0.2, 0.25) is 0 Å². The van der Waals surface area contributed by atoms with E-state index in [0.717, 1.165) is 0 Å². The molecule has 2 rings (SSSR count). The van der Waals surface area contributed by atoms with Crippen LogP contribution in [0.1, 0.15) is 12.5 Å². The van der Waals surface area contributed by atoms with Crippen LogP contribution in [0.15, 0.2) is 12.3 Å². The Morgan fingerprint density at radius 2 is 2.50 bits per heavy atom. The number of pyridine rings is 1. The number of morpholine rings is 1. The number of nitrogen functional groups attached to an aromatic ring is 1. The normalized spacial score (nSPS) is 23.7. The van der Waals surface area contributed by atoms with Gasteiger partial charge in [-0.15, -0.1) is 0 Å². The molecular formula is C12H16N4O2. The standard InChI is InChI=1S/C12H16N4O2/c1-8-7-18-10(6-17)5-16(8)12-11(14)2-9(3-13)4-15-12/h2,4,8,10,17H,5-7,14H2,1H3. The van der Waals surface area contributed by atoms with E-state index in [9.17, 15) is 0 Å². The van der Waals surface area contributed by atoms with Crippen LogP contribution in [0.2, 0.25) is 0 Å². The van der Waals surface area contributed by atoms with Gasteiger partial charge in [0.05, 0.1) is 36.6 Å². The Morgan fingerprint density at radius 1 is 1.72 bits per heavy atom. The summed E-state index contributed by atoms with van der Waals surface area (Å²) in [7, 11) is 0. The molecule has 1 aromatic heterocycles. The molecule has 1 aliphatic heterocycles. The molecule has 2 atom stereocenters. The smallest absolute Gasteiger partial charge is 0.152 e. The molecule has 0 radical (unpaired) electrons. The number of aliphatic hydroxyl groups excluding tert-OH is 1. The number of ether oxygens (including phenoxy) is 1. The molecule has 0 saturated carbocycles. The molecule has 3 N–H and O–H groups in total. The zero-order valence-corrected chi connectivity index (χ0v) is 10.2. The Labute approximate surface area is 106 Å². The second kappa shape index (κ2) is 5.21. The minimum atomic E-state index is -0.224. The summed E-state index contributed by atoms with van der Waals surface area (Å²) < 4.78 is 5.46. The fourth-order valence-corrected chi connectivity index (χ4v) is 2.00. The lowest BCUT2D eigenvalue weighted by Crippen LogP contribution is -2.50. The number of nitriles is 1. The Kier molecular flexibility index (Phi) is 3.65. The summed E-state index contributed by atoms with van der Waals surface area (Å²) in [5.41, 5.74) is 6.83. The number of aliphatic hydroxyl groups is 1. The first kappa shape index (κ1) is 12.6. The van der Waals surface area contributed by atoms with Crippen molar-refractivity contribution in [3.8, 4) is 6.07 Å². The third-order valence-corrected chi connectivity index (χ3v) is 3.01. The Balaban J connectivity index is 2.26. The van der Waals surface area contributed by atoms with E-state index >= 15 is 0 Å². The van der Waals surface area contributed by atoms with Gasteiger partial charge in [-0.25, -0.2) is 4.98 Å². The lowest BCUT2D eigenvalue weighted by atomic mass is 10.2. The number of nitrogens with two attached hydrogens (primary N) is 1. The monoisotopic (exact) mass is 248 g/mol. The lowest BCUT2D eigenvalue weighted by Gasteiger charge is -2.38. The molecule has 0 spiro atoms. The van der Waals surface area contributed by atoms with Crippen molar-refractivity contribution in [1.29, 1.82) is 5.26 Å². The second-order valence-corrected chi connectivity index (χ2v) is 4.39. The molecular weight excluding hydrogens is 232 g/mol. The first-order valence-corrected chi connectivity index (χ1v) is 5.80. The van der Waals surface area contributed by atoms with Crippen LogP contribution < -0.4 is 10.6 Å². The molecule has 6 nitrogen and oxygen atoms in total. The van der Waals surface area contributed by atoms with Crippen molar-refractivity contribution in [3.05, 3.63) is 17.8 Å². The zero-order chi connectivity index (χ0) is 13.1. The fourth-order valence-electron chi connectivity index (χ4n) is 2.00. The first-order chi connectivity index (χ1) is 8.65. The van der Waals surface area contributed by atoms with E-state index in [2.05, 4.69) is 4.98 Å². The lowest BCUT2D eigenvalue weighted by molar-refractivity contribution is -0.0105. The van der Waals surface area contributed by atoms with Crippen LogP contribution in [0.5, 0.6) is 0 Å². The van der Waals surface area contributed by atoms with Crippen LogP contribution in [0.25, 0.3) is 0 Å². The highest BCUT2D eigenvalue weighted by molar-refractivity contribution is 5.65. The van der Waals surface area contributed by atoms with Crippen LogP contribution in [0, 0.1) is 11.3 Å². The summed E-state index contributed by atoms with van der Waals surface area (Å²) in [6.45, 7) is 3.04. The molecule has 18 heavy (non-hydrogen) atoms. The number of hydrogen-bond donors (Lipinski definition) is 2. The maximum atomic E-state index is 9.15. The van der Waals surface area contributed by atoms with Gasteiger partial charge in [-0.05, 0) is 13.0 Å². The van der Waals surface area contributed by atoms with E-state index in [4.69, 9.17) is 20.8 Å². The van der Waals surface area contributed by atoms with Gasteiger partial charge >= 0.3 is 0 Å². The van der Waals surface area contributed by atoms with Gasteiger partial charge in [0.15, 0.2) is 5.82 Å². The number of aromatic nitrogens is 1. The van der Waals surface area contributed by atoms with Crippen LogP contribution in [0.4, 0.5) is 11.5 Å². The molecule has 96 valence electrons. The summed E-state index contributed by atoms with van der Waals surface area (Å²) >= 11 is 0. The average Bonchev–Trinajstić information content (AvgIpc) is 2.39. The Morgan fingerprint density at radius 3 is 3.11 bits per heavy atom. The van der Waals surface area contributed by atoms with Gasteiger partial charge in [0.1, 0.15) is 6.07 Å². The molecule has 0 amide bonds. The van der Waals surface area contributed by atoms with Crippen LogP contribution in [-0.2, 0) is 4.74 Å². The second-order valence-electron chi connectivity index (χ2n) is 4.39. The first-order valence-electron chi connectivity index (χ1n) is 5.80. The molecule has 2 unspecified atom stereocenters. The molecule has 0 aromatic carbocycles. The highest BCUT2D eigenvalue weighted by atomic mass is 16.5. The van der Waals surface area contributed by atoms with Crippen molar-refractivity contribution in [2.75, 3.05) is 30.4 Å². The van der Waals surface area contributed by atoms with Crippen LogP contribution in [0.3, 0.4) is 0 Å². The summed E-state index contributed by atoms with van der Waals surface area (Å²) in [4.78, 5) is 6.23. The number of rotatable bonds is 2. The van der Waals surface area contributed by atoms with Gasteiger partial charge in [0, 0.05) is 12.7 Å². The van der Waals surface area contributed by atoms with E-state index in [1.54, 1.807) is 6.07 Å². The van der Waals surface area contributed by atoms with Crippen molar-refractivity contribution in [2.45, 2.75) is 19.1 Å². The van der Waals surface area contributed by atoms with Gasteiger partial charge < -0.3 is 20.5 Å². The zero-order valence-electron chi connectivity index (χ0n) is 10.2. The molecule has 1 fully saturated rings. The summed E-state index contributed by atoms with van der Waals surface area (Å²) in [6, 6.07) is 3.75. The third-order valence-electron chi connectivity index (χ3n) is 3.01. The van der Waals surface area contributed by atoms with E-state index in [0.29, 0.717) is 30.2 Å². The minimum absolute atomic E-state index is 0.0284. The van der Waals surface area contributed by atoms with E-state index < -0.39 is 0 Å². The van der Waals surface area contributed by atoms with E-state index in [-0.39, 0.29) is 18.8 Å². The Hall–Kier alpha value is -1.84. The number of anilines is 2. The van der Waals surface area contributed by atoms with E-state index in [1.807, 2.05) is 17.9 Å². The quantitative estimate of drug-likeness (QED) is 0.772. The maximum absolute atomic E-state index is 9.15. The molecule has 1 aromatic rings.